The van der Waals surface area contributed by atoms with Gasteiger partial charge in [-0.3, -0.25) is 4.79 Å². The van der Waals surface area contributed by atoms with Gasteiger partial charge in [-0.05, 0) is 54.6 Å². The number of fused-ring (bicyclic) bond motifs is 1. The Bertz CT molecular complexity index is 1080. The fraction of sp³-hybridized carbons (Fsp3) is 0.0476. The normalized spacial score (nSPS) is 10.8. The molecule has 5 heteroatoms. The maximum Gasteiger partial charge on any atom is 0.248 e. The molecule has 4 aromatic rings. The first-order valence-electron chi connectivity index (χ1n) is 8.21. The second kappa shape index (κ2) is 6.37. The van der Waals surface area contributed by atoms with E-state index >= 15 is 0 Å². The maximum atomic E-state index is 11.4. The third kappa shape index (κ3) is 2.91. The average Bonchev–Trinajstić information content (AvgIpc) is 2.99. The number of primary amides is 1. The second-order valence-corrected chi connectivity index (χ2v) is 6.00. The highest BCUT2D eigenvalue weighted by Crippen LogP contribution is 2.27. The van der Waals surface area contributed by atoms with E-state index < -0.39 is 5.91 Å². The number of para-hydroxylation sites is 1. The van der Waals surface area contributed by atoms with Gasteiger partial charge < -0.3 is 15.0 Å². The number of carbonyl (C=O) groups is 1. The van der Waals surface area contributed by atoms with Crippen LogP contribution < -0.4 is 10.5 Å². The zero-order valence-corrected chi connectivity index (χ0v) is 14.2. The van der Waals surface area contributed by atoms with Gasteiger partial charge >= 0.3 is 0 Å². The van der Waals surface area contributed by atoms with Crippen LogP contribution in [0.4, 0.5) is 0 Å². The van der Waals surface area contributed by atoms with E-state index in [1.54, 1.807) is 12.1 Å². The van der Waals surface area contributed by atoms with Crippen LogP contribution in [-0.2, 0) is 7.05 Å². The molecular formula is C21H17N3O2. The first-order valence-corrected chi connectivity index (χ1v) is 8.21. The van der Waals surface area contributed by atoms with Gasteiger partial charge in [0.2, 0.25) is 5.91 Å². The van der Waals surface area contributed by atoms with E-state index in [1.165, 1.54) is 0 Å². The molecule has 5 nitrogen and oxygen atoms in total. The highest BCUT2D eigenvalue weighted by Gasteiger charge is 2.12. The number of benzene rings is 3. The molecule has 1 amide bonds. The van der Waals surface area contributed by atoms with Gasteiger partial charge in [0.1, 0.15) is 17.3 Å². The summed E-state index contributed by atoms with van der Waals surface area (Å²) in [4.78, 5) is 16.0. The minimum absolute atomic E-state index is 0.453. The topological polar surface area (TPSA) is 70.1 Å². The average molecular weight is 343 g/mol. The molecule has 0 aliphatic rings. The van der Waals surface area contributed by atoms with E-state index in [0.717, 1.165) is 33.9 Å². The molecule has 0 spiro atoms. The number of nitrogens with zero attached hydrogens (tertiary/aromatic N) is 2. The molecular weight excluding hydrogens is 326 g/mol. The predicted molar refractivity (Wildman–Crippen MR) is 101 cm³/mol. The van der Waals surface area contributed by atoms with Crippen molar-refractivity contribution in [2.24, 2.45) is 12.8 Å². The van der Waals surface area contributed by atoms with E-state index in [1.807, 2.05) is 72.3 Å². The van der Waals surface area contributed by atoms with Crippen LogP contribution in [0.15, 0.2) is 72.8 Å². The Labute approximate surface area is 150 Å². The number of aromatic nitrogens is 2. The SMILES string of the molecule is Cn1c(-c2ccc(Oc3ccccc3)cc2)nc2cc(C(N)=O)ccc21. The van der Waals surface area contributed by atoms with Crippen molar-refractivity contribution in [3.05, 3.63) is 78.4 Å². The number of ether oxygens (including phenoxy) is 1. The first kappa shape index (κ1) is 15.9. The first-order chi connectivity index (χ1) is 12.6. The molecule has 0 radical (unpaired) electrons. The number of carbonyl (C=O) groups excluding carboxylic acids is 1. The summed E-state index contributed by atoms with van der Waals surface area (Å²) in [6.45, 7) is 0. The molecule has 26 heavy (non-hydrogen) atoms. The van der Waals surface area contributed by atoms with Gasteiger partial charge in [0, 0.05) is 18.2 Å². The van der Waals surface area contributed by atoms with Gasteiger partial charge in [-0.1, -0.05) is 18.2 Å². The third-order valence-electron chi connectivity index (χ3n) is 4.26. The summed E-state index contributed by atoms with van der Waals surface area (Å²) in [7, 11) is 1.95. The van der Waals surface area contributed by atoms with Crippen molar-refractivity contribution < 1.29 is 9.53 Å². The van der Waals surface area contributed by atoms with Crippen LogP contribution in [-0.4, -0.2) is 15.5 Å². The van der Waals surface area contributed by atoms with Gasteiger partial charge in [-0.15, -0.1) is 0 Å². The Morgan fingerprint density at radius 1 is 0.962 bits per heavy atom. The Balaban J connectivity index is 1.67. The molecule has 4 rings (SSSR count). The zero-order chi connectivity index (χ0) is 18.1. The van der Waals surface area contributed by atoms with Crippen LogP contribution in [0.3, 0.4) is 0 Å². The van der Waals surface area contributed by atoms with Crippen molar-refractivity contribution in [1.82, 2.24) is 9.55 Å². The number of amides is 1. The molecule has 0 saturated carbocycles. The zero-order valence-electron chi connectivity index (χ0n) is 14.2. The summed E-state index contributed by atoms with van der Waals surface area (Å²) in [5.74, 6) is 1.91. The summed E-state index contributed by atoms with van der Waals surface area (Å²) >= 11 is 0. The lowest BCUT2D eigenvalue weighted by Crippen LogP contribution is -2.10. The van der Waals surface area contributed by atoms with Crippen LogP contribution in [0.1, 0.15) is 10.4 Å². The Morgan fingerprint density at radius 3 is 2.35 bits per heavy atom. The smallest absolute Gasteiger partial charge is 0.248 e. The quantitative estimate of drug-likeness (QED) is 0.605. The molecule has 2 N–H and O–H groups in total. The monoisotopic (exact) mass is 343 g/mol. The fourth-order valence-electron chi connectivity index (χ4n) is 2.91. The lowest BCUT2D eigenvalue weighted by molar-refractivity contribution is 0.100. The lowest BCUT2D eigenvalue weighted by Gasteiger charge is -2.07. The second-order valence-electron chi connectivity index (χ2n) is 6.00. The Kier molecular flexibility index (Phi) is 3.89. The lowest BCUT2D eigenvalue weighted by atomic mass is 10.2. The third-order valence-corrected chi connectivity index (χ3v) is 4.26. The van der Waals surface area contributed by atoms with E-state index in [-0.39, 0.29) is 0 Å². The van der Waals surface area contributed by atoms with Gasteiger partial charge in [0.25, 0.3) is 0 Å². The maximum absolute atomic E-state index is 11.4. The molecule has 0 atom stereocenters. The van der Waals surface area contributed by atoms with Crippen molar-refractivity contribution in [3.8, 4) is 22.9 Å². The van der Waals surface area contributed by atoms with Gasteiger partial charge in [-0.25, -0.2) is 4.98 Å². The van der Waals surface area contributed by atoms with Crippen molar-refractivity contribution in [3.63, 3.8) is 0 Å². The van der Waals surface area contributed by atoms with Crippen LogP contribution in [0.25, 0.3) is 22.4 Å². The van der Waals surface area contributed by atoms with E-state index in [0.29, 0.717) is 5.56 Å². The summed E-state index contributed by atoms with van der Waals surface area (Å²) in [6.07, 6.45) is 0. The van der Waals surface area contributed by atoms with Crippen LogP contribution >= 0.6 is 0 Å². The molecule has 0 fully saturated rings. The van der Waals surface area contributed by atoms with E-state index in [2.05, 4.69) is 4.98 Å². The number of rotatable bonds is 4. The molecule has 0 aliphatic carbocycles. The fourth-order valence-corrected chi connectivity index (χ4v) is 2.91. The van der Waals surface area contributed by atoms with E-state index in [4.69, 9.17) is 10.5 Å². The van der Waals surface area contributed by atoms with Crippen molar-refractivity contribution in [2.75, 3.05) is 0 Å². The van der Waals surface area contributed by atoms with Gasteiger partial charge in [0.15, 0.2) is 0 Å². The largest absolute Gasteiger partial charge is 0.457 e. The standard InChI is InChI=1S/C21H17N3O2/c1-24-19-12-9-15(20(22)25)13-18(19)23-21(24)14-7-10-17(11-8-14)26-16-5-3-2-4-6-16/h2-13H,1H3,(H2,22,25). The summed E-state index contributed by atoms with van der Waals surface area (Å²) in [6, 6.07) is 22.7. The molecule has 1 heterocycles. The van der Waals surface area contributed by atoms with Crippen molar-refractivity contribution >= 4 is 16.9 Å². The number of hydrogen-bond donors (Lipinski definition) is 1. The predicted octanol–water partition coefficient (Wildman–Crippen LogP) is 4.13. The van der Waals surface area contributed by atoms with Gasteiger partial charge in [-0.2, -0.15) is 0 Å². The van der Waals surface area contributed by atoms with E-state index in [9.17, 15) is 4.79 Å². The summed E-state index contributed by atoms with van der Waals surface area (Å²) in [5.41, 5.74) is 8.45. The molecule has 128 valence electrons. The molecule has 0 saturated heterocycles. The van der Waals surface area contributed by atoms with Gasteiger partial charge in [0.05, 0.1) is 11.0 Å². The number of aryl methyl sites for hydroxylation is 1. The molecule has 3 aromatic carbocycles. The van der Waals surface area contributed by atoms with Crippen molar-refractivity contribution in [1.29, 1.82) is 0 Å². The molecule has 0 bridgehead atoms. The van der Waals surface area contributed by atoms with Crippen molar-refractivity contribution in [2.45, 2.75) is 0 Å². The summed E-state index contributed by atoms with van der Waals surface area (Å²) in [5, 5.41) is 0. The van der Waals surface area contributed by atoms with Crippen LogP contribution in [0.2, 0.25) is 0 Å². The Hall–Kier alpha value is -3.60. The summed E-state index contributed by atoms with van der Waals surface area (Å²) < 4.78 is 7.82. The Morgan fingerprint density at radius 2 is 1.65 bits per heavy atom. The highest BCUT2D eigenvalue weighted by atomic mass is 16.5. The van der Waals surface area contributed by atoms with Crippen LogP contribution in [0, 0.1) is 0 Å². The molecule has 0 unspecified atom stereocenters. The number of hydrogen-bond acceptors (Lipinski definition) is 3. The highest BCUT2D eigenvalue weighted by molar-refractivity contribution is 5.96. The minimum atomic E-state index is -0.457. The molecule has 1 aromatic heterocycles. The minimum Gasteiger partial charge on any atom is -0.457 e. The van der Waals surface area contributed by atoms with Crippen LogP contribution in [0.5, 0.6) is 11.5 Å². The number of imidazole rings is 1. The molecule has 0 aliphatic heterocycles. The number of nitrogens with two attached hydrogens (primary N) is 1.